The van der Waals surface area contributed by atoms with E-state index in [9.17, 15) is 0 Å². The Kier molecular flexibility index (Phi) is 3.42. The van der Waals surface area contributed by atoms with Gasteiger partial charge >= 0.3 is 0 Å². The van der Waals surface area contributed by atoms with E-state index < -0.39 is 0 Å². The summed E-state index contributed by atoms with van der Waals surface area (Å²) < 4.78 is 0. The van der Waals surface area contributed by atoms with Crippen LogP contribution in [0.2, 0.25) is 0 Å². The van der Waals surface area contributed by atoms with Crippen molar-refractivity contribution in [2.24, 2.45) is 0 Å². The molecule has 0 spiro atoms. The third-order valence-corrected chi connectivity index (χ3v) is 4.05. The van der Waals surface area contributed by atoms with Gasteiger partial charge in [-0.3, -0.25) is 0 Å². The van der Waals surface area contributed by atoms with Crippen LogP contribution in [-0.4, -0.2) is 56.2 Å². The van der Waals surface area contributed by atoms with Crippen LogP contribution in [0.25, 0.3) is 6.08 Å². The minimum absolute atomic E-state index is 0.977. The number of pyridine rings is 1. The molecular formula is C15H22N4. The maximum atomic E-state index is 4.69. The first kappa shape index (κ1) is 12.5. The van der Waals surface area contributed by atoms with Gasteiger partial charge in [-0.1, -0.05) is 12.2 Å². The van der Waals surface area contributed by atoms with Crippen LogP contribution >= 0.6 is 0 Å². The van der Waals surface area contributed by atoms with Gasteiger partial charge in [-0.25, -0.2) is 4.98 Å². The molecular weight excluding hydrogens is 236 g/mol. The van der Waals surface area contributed by atoms with Crippen LogP contribution in [0.5, 0.6) is 0 Å². The van der Waals surface area contributed by atoms with Crippen molar-refractivity contribution in [1.29, 1.82) is 0 Å². The summed E-state index contributed by atoms with van der Waals surface area (Å²) >= 11 is 0. The van der Waals surface area contributed by atoms with E-state index in [1.54, 1.807) is 0 Å². The number of rotatable bonds is 2. The number of anilines is 2. The lowest BCUT2D eigenvalue weighted by molar-refractivity contribution is 0.313. The lowest BCUT2D eigenvalue weighted by atomic mass is 10.1. The van der Waals surface area contributed by atoms with Crippen molar-refractivity contribution in [2.75, 3.05) is 56.1 Å². The molecule has 1 fully saturated rings. The molecule has 4 nitrogen and oxygen atoms in total. The molecule has 0 bridgehead atoms. The van der Waals surface area contributed by atoms with Gasteiger partial charge in [0.25, 0.3) is 0 Å². The van der Waals surface area contributed by atoms with Gasteiger partial charge in [0.05, 0.1) is 11.9 Å². The second-order valence-corrected chi connectivity index (χ2v) is 5.34. The van der Waals surface area contributed by atoms with Gasteiger partial charge in [0, 0.05) is 44.8 Å². The van der Waals surface area contributed by atoms with Crippen LogP contribution in [0.3, 0.4) is 0 Å². The maximum absolute atomic E-state index is 4.69. The highest BCUT2D eigenvalue weighted by atomic mass is 15.3. The van der Waals surface area contributed by atoms with Crippen molar-refractivity contribution in [3.8, 4) is 0 Å². The zero-order chi connectivity index (χ0) is 13.2. The number of nitrogens with zero attached hydrogens (tertiary/aromatic N) is 4. The monoisotopic (exact) mass is 258 g/mol. The molecule has 0 amide bonds. The summed E-state index contributed by atoms with van der Waals surface area (Å²) in [6, 6.07) is 2.28. The van der Waals surface area contributed by atoms with Crippen LogP contribution < -0.4 is 9.80 Å². The predicted octanol–water partition coefficient (Wildman–Crippen LogP) is 1.69. The van der Waals surface area contributed by atoms with Gasteiger partial charge in [0.2, 0.25) is 0 Å². The summed E-state index contributed by atoms with van der Waals surface area (Å²) in [5.41, 5.74) is 2.51. The van der Waals surface area contributed by atoms with Gasteiger partial charge in [-0.05, 0) is 20.0 Å². The Morgan fingerprint density at radius 2 is 2.00 bits per heavy atom. The SMILES string of the molecule is CCN1CC=Cc2cc(N3CCN(C)CC3)cnc21. The van der Waals surface area contributed by atoms with E-state index in [0.29, 0.717) is 0 Å². The Morgan fingerprint density at radius 3 is 2.74 bits per heavy atom. The van der Waals surface area contributed by atoms with Gasteiger partial charge in [-0.2, -0.15) is 0 Å². The summed E-state index contributed by atoms with van der Waals surface area (Å²) in [5, 5.41) is 0. The molecule has 3 heterocycles. The third kappa shape index (κ3) is 2.45. The minimum Gasteiger partial charge on any atom is -0.368 e. The molecule has 0 unspecified atom stereocenters. The summed E-state index contributed by atoms with van der Waals surface area (Å²) in [5.74, 6) is 1.13. The summed E-state index contributed by atoms with van der Waals surface area (Å²) in [4.78, 5) is 11.8. The topological polar surface area (TPSA) is 22.6 Å². The summed E-state index contributed by atoms with van der Waals surface area (Å²) in [6.07, 6.45) is 6.46. The van der Waals surface area contributed by atoms with Gasteiger partial charge < -0.3 is 14.7 Å². The highest BCUT2D eigenvalue weighted by Gasteiger charge is 2.18. The number of hydrogen-bond donors (Lipinski definition) is 0. The molecule has 3 rings (SSSR count). The molecule has 2 aliphatic rings. The molecule has 0 aliphatic carbocycles. The molecule has 0 atom stereocenters. The van der Waals surface area contributed by atoms with Gasteiger partial charge in [-0.15, -0.1) is 0 Å². The Balaban J connectivity index is 1.84. The molecule has 0 N–H and O–H groups in total. The van der Waals surface area contributed by atoms with Crippen molar-refractivity contribution < 1.29 is 0 Å². The molecule has 1 aromatic heterocycles. The van der Waals surface area contributed by atoms with Crippen LogP contribution in [0.1, 0.15) is 12.5 Å². The molecule has 1 saturated heterocycles. The van der Waals surface area contributed by atoms with E-state index in [-0.39, 0.29) is 0 Å². The van der Waals surface area contributed by atoms with E-state index in [1.807, 2.05) is 6.20 Å². The molecule has 1 aromatic rings. The lowest BCUT2D eigenvalue weighted by Gasteiger charge is -2.34. The second kappa shape index (κ2) is 5.21. The Morgan fingerprint density at radius 1 is 1.21 bits per heavy atom. The molecule has 102 valence electrons. The van der Waals surface area contributed by atoms with E-state index >= 15 is 0 Å². The number of likely N-dealkylation sites (N-methyl/N-ethyl adjacent to an activating group) is 2. The van der Waals surface area contributed by atoms with Crippen molar-refractivity contribution in [2.45, 2.75) is 6.92 Å². The van der Waals surface area contributed by atoms with E-state index in [2.05, 4.69) is 51.9 Å². The lowest BCUT2D eigenvalue weighted by Crippen LogP contribution is -2.44. The fourth-order valence-corrected chi connectivity index (χ4v) is 2.76. The molecule has 0 aromatic carbocycles. The van der Waals surface area contributed by atoms with E-state index in [4.69, 9.17) is 0 Å². The average molecular weight is 258 g/mol. The predicted molar refractivity (Wildman–Crippen MR) is 80.9 cm³/mol. The second-order valence-electron chi connectivity index (χ2n) is 5.34. The largest absolute Gasteiger partial charge is 0.368 e. The van der Waals surface area contributed by atoms with Gasteiger partial charge in [0.1, 0.15) is 5.82 Å². The van der Waals surface area contributed by atoms with Crippen LogP contribution in [0.4, 0.5) is 11.5 Å². The van der Waals surface area contributed by atoms with Crippen LogP contribution in [-0.2, 0) is 0 Å². The Labute approximate surface area is 115 Å². The van der Waals surface area contributed by atoms with E-state index in [0.717, 1.165) is 45.1 Å². The molecule has 4 heteroatoms. The highest BCUT2D eigenvalue weighted by Crippen LogP contribution is 2.27. The number of piperazine rings is 1. The highest BCUT2D eigenvalue weighted by molar-refractivity contribution is 5.71. The smallest absolute Gasteiger partial charge is 0.136 e. The first-order chi connectivity index (χ1) is 9.28. The number of aromatic nitrogens is 1. The van der Waals surface area contributed by atoms with Crippen molar-refractivity contribution >= 4 is 17.6 Å². The zero-order valence-electron chi connectivity index (χ0n) is 11.8. The molecule has 0 saturated carbocycles. The fraction of sp³-hybridized carbons (Fsp3) is 0.533. The maximum Gasteiger partial charge on any atom is 0.136 e. The van der Waals surface area contributed by atoms with Gasteiger partial charge in [0.15, 0.2) is 0 Å². The number of fused-ring (bicyclic) bond motifs is 1. The third-order valence-electron chi connectivity index (χ3n) is 4.05. The summed E-state index contributed by atoms with van der Waals surface area (Å²) in [7, 11) is 2.18. The van der Waals surface area contributed by atoms with Crippen LogP contribution in [0, 0.1) is 0 Å². The minimum atomic E-state index is 0.977. The first-order valence-corrected chi connectivity index (χ1v) is 7.13. The average Bonchev–Trinajstić information content (AvgIpc) is 2.47. The van der Waals surface area contributed by atoms with Crippen LogP contribution in [0.15, 0.2) is 18.3 Å². The fourth-order valence-electron chi connectivity index (χ4n) is 2.76. The standard InChI is InChI=1S/C15H22N4/c1-3-18-6-4-5-13-11-14(12-16-15(13)18)19-9-7-17(2)8-10-19/h4-5,11-12H,3,6-10H2,1-2H3. The van der Waals surface area contributed by atoms with E-state index in [1.165, 1.54) is 11.3 Å². The normalized spacial score (nSPS) is 19.7. The number of hydrogen-bond acceptors (Lipinski definition) is 4. The quantitative estimate of drug-likeness (QED) is 0.805. The Bertz CT molecular complexity index is 475. The Hall–Kier alpha value is -1.55. The summed E-state index contributed by atoms with van der Waals surface area (Å²) in [6.45, 7) is 8.62. The molecule has 2 aliphatic heterocycles. The molecule has 0 radical (unpaired) electrons. The van der Waals surface area contributed by atoms with Crippen molar-refractivity contribution in [3.05, 3.63) is 23.9 Å². The first-order valence-electron chi connectivity index (χ1n) is 7.13. The zero-order valence-corrected chi connectivity index (χ0v) is 11.8. The molecule has 19 heavy (non-hydrogen) atoms. The van der Waals surface area contributed by atoms with Crippen molar-refractivity contribution in [3.63, 3.8) is 0 Å². The van der Waals surface area contributed by atoms with Crippen molar-refractivity contribution in [1.82, 2.24) is 9.88 Å².